The lowest BCUT2D eigenvalue weighted by Crippen LogP contribution is -2.14. The van der Waals surface area contributed by atoms with Gasteiger partial charge in [-0.2, -0.15) is 5.26 Å². The highest BCUT2D eigenvalue weighted by molar-refractivity contribution is 5.43. The Morgan fingerprint density at radius 3 is 2.60 bits per heavy atom. The largest absolute Gasteiger partial charge is 0.457 e. The maximum Gasteiger partial charge on any atom is 0.127 e. The summed E-state index contributed by atoms with van der Waals surface area (Å²) in [5.41, 5.74) is 2.83. The Kier molecular flexibility index (Phi) is 4.29. The fraction of sp³-hybridized carbons (Fsp3) is 0.389. The van der Waals surface area contributed by atoms with Gasteiger partial charge in [0.15, 0.2) is 0 Å². The van der Waals surface area contributed by atoms with E-state index in [0.29, 0.717) is 17.4 Å². The molecule has 0 radical (unpaired) electrons. The highest BCUT2D eigenvalue weighted by Gasteiger charge is 2.19. The van der Waals surface area contributed by atoms with Gasteiger partial charge in [0.25, 0.3) is 0 Å². The number of benzene rings is 1. The summed E-state index contributed by atoms with van der Waals surface area (Å²) >= 11 is 0. The van der Waals surface area contributed by atoms with E-state index in [1.807, 2.05) is 25.1 Å². The summed E-state index contributed by atoms with van der Waals surface area (Å²) in [5.74, 6) is 2.83. The van der Waals surface area contributed by atoms with Gasteiger partial charge in [0.1, 0.15) is 11.5 Å². The molecule has 2 nitrogen and oxygen atoms in total. The van der Waals surface area contributed by atoms with Crippen molar-refractivity contribution in [3.05, 3.63) is 52.8 Å². The summed E-state index contributed by atoms with van der Waals surface area (Å²) in [5, 5.41) is 8.95. The lowest BCUT2D eigenvalue weighted by atomic mass is 9.85. The predicted molar refractivity (Wildman–Crippen MR) is 81.3 cm³/mol. The third kappa shape index (κ3) is 2.93. The van der Waals surface area contributed by atoms with E-state index in [1.54, 1.807) is 0 Å². The molecule has 2 atom stereocenters. The molecule has 0 fully saturated rings. The van der Waals surface area contributed by atoms with E-state index in [1.165, 1.54) is 5.57 Å². The normalized spacial score (nSPS) is 21.8. The molecule has 2 heteroatoms. The summed E-state index contributed by atoms with van der Waals surface area (Å²) in [6.07, 6.45) is 5.66. The van der Waals surface area contributed by atoms with Crippen LogP contribution in [-0.2, 0) is 0 Å². The molecule has 0 N–H and O–H groups in total. The molecule has 1 aromatic rings. The van der Waals surface area contributed by atoms with Crippen molar-refractivity contribution >= 4 is 0 Å². The van der Waals surface area contributed by atoms with Crippen molar-refractivity contribution in [3.8, 4) is 11.8 Å². The third-order valence-electron chi connectivity index (χ3n) is 3.96. The first-order valence-corrected chi connectivity index (χ1v) is 7.14. The molecule has 2 rings (SSSR count). The molecule has 1 aliphatic rings. The first kappa shape index (κ1) is 14.4. The second kappa shape index (κ2) is 5.96. The van der Waals surface area contributed by atoms with Gasteiger partial charge in [0.2, 0.25) is 0 Å². The van der Waals surface area contributed by atoms with Gasteiger partial charge in [-0.25, -0.2) is 0 Å². The van der Waals surface area contributed by atoms with E-state index in [2.05, 4.69) is 39.0 Å². The zero-order chi connectivity index (χ0) is 14.7. The molecule has 0 aromatic heterocycles. The van der Waals surface area contributed by atoms with Crippen LogP contribution in [0.2, 0.25) is 0 Å². The van der Waals surface area contributed by atoms with Crippen molar-refractivity contribution < 1.29 is 4.74 Å². The van der Waals surface area contributed by atoms with Crippen LogP contribution in [0, 0.1) is 30.1 Å². The molecule has 1 aromatic carbocycles. The summed E-state index contributed by atoms with van der Waals surface area (Å²) in [7, 11) is 0. The molecule has 104 valence electrons. The number of nitrogens with zero attached hydrogens (tertiary/aromatic N) is 1. The second-order valence-corrected chi connectivity index (χ2v) is 5.50. The minimum absolute atomic E-state index is 0.498. The zero-order valence-corrected chi connectivity index (χ0v) is 12.6. The molecule has 0 heterocycles. The summed E-state index contributed by atoms with van der Waals surface area (Å²) in [6, 6.07) is 7.76. The zero-order valence-electron chi connectivity index (χ0n) is 12.6. The van der Waals surface area contributed by atoms with E-state index >= 15 is 0 Å². The Hall–Kier alpha value is -2.01. The Labute approximate surface area is 121 Å². The smallest absolute Gasteiger partial charge is 0.127 e. The monoisotopic (exact) mass is 267 g/mol. The van der Waals surface area contributed by atoms with Crippen LogP contribution in [0.5, 0.6) is 5.75 Å². The van der Waals surface area contributed by atoms with Gasteiger partial charge in [0, 0.05) is 0 Å². The minimum Gasteiger partial charge on any atom is -0.457 e. The average Bonchev–Trinajstić information content (AvgIpc) is 2.42. The van der Waals surface area contributed by atoms with Crippen LogP contribution < -0.4 is 4.74 Å². The van der Waals surface area contributed by atoms with E-state index in [9.17, 15) is 0 Å². The van der Waals surface area contributed by atoms with E-state index < -0.39 is 0 Å². The van der Waals surface area contributed by atoms with Gasteiger partial charge >= 0.3 is 0 Å². The molecule has 0 spiro atoms. The molecule has 0 aliphatic heterocycles. The van der Waals surface area contributed by atoms with Gasteiger partial charge < -0.3 is 4.74 Å². The maximum absolute atomic E-state index is 8.95. The first-order valence-electron chi connectivity index (χ1n) is 7.14. The Morgan fingerprint density at radius 1 is 1.25 bits per heavy atom. The molecular formula is C18H21NO. The molecule has 20 heavy (non-hydrogen) atoms. The highest BCUT2D eigenvalue weighted by atomic mass is 16.5. The lowest BCUT2D eigenvalue weighted by molar-refractivity contribution is 0.398. The lowest BCUT2D eigenvalue weighted by Gasteiger charge is -2.24. The SMILES string of the molecule is CCC1C=C(C)C(Oc2ccc(C#N)c(C)c2)=C[C@H]1C. The first-order chi connectivity index (χ1) is 9.55. The molecule has 0 bridgehead atoms. The number of nitriles is 1. The summed E-state index contributed by atoms with van der Waals surface area (Å²) in [4.78, 5) is 0. The van der Waals surface area contributed by atoms with Crippen LogP contribution in [0.3, 0.4) is 0 Å². The quantitative estimate of drug-likeness (QED) is 0.791. The minimum atomic E-state index is 0.498. The van der Waals surface area contributed by atoms with Crippen LogP contribution in [0.15, 0.2) is 41.7 Å². The Bertz CT molecular complexity index is 604. The number of ether oxygens (including phenoxy) is 1. The van der Waals surface area contributed by atoms with Gasteiger partial charge in [-0.3, -0.25) is 0 Å². The van der Waals surface area contributed by atoms with Crippen molar-refractivity contribution in [2.45, 2.75) is 34.1 Å². The van der Waals surface area contributed by atoms with Gasteiger partial charge in [-0.05, 0) is 67.5 Å². The second-order valence-electron chi connectivity index (χ2n) is 5.50. The maximum atomic E-state index is 8.95. The average molecular weight is 267 g/mol. The topological polar surface area (TPSA) is 33.0 Å². The highest BCUT2D eigenvalue weighted by Crippen LogP contribution is 2.31. The van der Waals surface area contributed by atoms with Crippen molar-refractivity contribution in [1.29, 1.82) is 5.26 Å². The van der Waals surface area contributed by atoms with Gasteiger partial charge in [0.05, 0.1) is 11.6 Å². The van der Waals surface area contributed by atoms with Crippen molar-refractivity contribution in [3.63, 3.8) is 0 Å². The summed E-state index contributed by atoms with van der Waals surface area (Å²) < 4.78 is 5.99. The molecule has 0 amide bonds. The standard InChI is InChI=1S/C18H21NO/c1-5-15-8-14(4)18(10-13(15)3)20-17-7-6-16(11-19)12(2)9-17/h6-10,13,15H,5H2,1-4H3/t13-,15?/m1/s1. The fourth-order valence-electron chi connectivity index (χ4n) is 2.61. The number of hydrogen-bond donors (Lipinski definition) is 0. The van der Waals surface area contributed by atoms with Gasteiger partial charge in [-0.1, -0.05) is 19.9 Å². The summed E-state index contributed by atoms with van der Waals surface area (Å²) in [6.45, 7) is 8.47. The van der Waals surface area contributed by atoms with Crippen LogP contribution >= 0.6 is 0 Å². The number of aryl methyl sites for hydroxylation is 1. The van der Waals surface area contributed by atoms with Crippen LogP contribution in [-0.4, -0.2) is 0 Å². The number of rotatable bonds is 3. The molecule has 1 aliphatic carbocycles. The van der Waals surface area contributed by atoms with E-state index in [0.717, 1.165) is 23.5 Å². The van der Waals surface area contributed by atoms with E-state index in [4.69, 9.17) is 10.00 Å². The number of hydrogen-bond acceptors (Lipinski definition) is 2. The van der Waals surface area contributed by atoms with Gasteiger partial charge in [-0.15, -0.1) is 0 Å². The molecule has 1 unspecified atom stereocenters. The van der Waals surface area contributed by atoms with Crippen molar-refractivity contribution in [2.75, 3.05) is 0 Å². The van der Waals surface area contributed by atoms with Crippen molar-refractivity contribution in [1.82, 2.24) is 0 Å². The van der Waals surface area contributed by atoms with Crippen LogP contribution in [0.1, 0.15) is 38.3 Å². The molecular weight excluding hydrogens is 246 g/mol. The van der Waals surface area contributed by atoms with Crippen molar-refractivity contribution in [2.24, 2.45) is 11.8 Å². The Morgan fingerprint density at radius 2 is 2.00 bits per heavy atom. The van der Waals surface area contributed by atoms with E-state index in [-0.39, 0.29) is 0 Å². The predicted octanol–water partition coefficient (Wildman–Crippen LogP) is 4.75. The Balaban J connectivity index is 2.21. The molecule has 0 saturated carbocycles. The third-order valence-corrected chi connectivity index (χ3v) is 3.96. The number of allylic oxidation sites excluding steroid dienone is 3. The van der Waals surface area contributed by atoms with Crippen LogP contribution in [0.25, 0.3) is 0 Å². The van der Waals surface area contributed by atoms with Crippen LogP contribution in [0.4, 0.5) is 0 Å². The molecule has 0 saturated heterocycles. The fourth-order valence-corrected chi connectivity index (χ4v) is 2.61.